The SMILES string of the molecule is N#Cc1ccncc1[C@H]1CCN1. The van der Waals surface area contributed by atoms with Crippen molar-refractivity contribution in [3.8, 4) is 6.07 Å². The van der Waals surface area contributed by atoms with Crippen LogP contribution < -0.4 is 5.32 Å². The Kier molecular flexibility index (Phi) is 1.77. The molecule has 0 aliphatic carbocycles. The van der Waals surface area contributed by atoms with Crippen LogP contribution in [-0.4, -0.2) is 11.5 Å². The van der Waals surface area contributed by atoms with Crippen molar-refractivity contribution in [2.45, 2.75) is 12.5 Å². The summed E-state index contributed by atoms with van der Waals surface area (Å²) in [5.41, 5.74) is 1.77. The molecular weight excluding hydrogens is 150 g/mol. The third-order valence-electron chi connectivity index (χ3n) is 2.17. The number of nitrogens with zero attached hydrogens (tertiary/aromatic N) is 2. The fourth-order valence-electron chi connectivity index (χ4n) is 1.34. The van der Waals surface area contributed by atoms with E-state index in [-0.39, 0.29) is 0 Å². The molecule has 1 N–H and O–H groups in total. The molecule has 3 heteroatoms. The summed E-state index contributed by atoms with van der Waals surface area (Å²) in [5, 5.41) is 12.0. The summed E-state index contributed by atoms with van der Waals surface area (Å²) in [4.78, 5) is 4.01. The van der Waals surface area contributed by atoms with Gasteiger partial charge in [0.25, 0.3) is 0 Å². The van der Waals surface area contributed by atoms with E-state index in [0.29, 0.717) is 6.04 Å². The van der Waals surface area contributed by atoms with E-state index in [1.807, 2.05) is 0 Å². The monoisotopic (exact) mass is 159 g/mol. The first kappa shape index (κ1) is 7.26. The standard InChI is InChI=1S/C9H9N3/c10-5-7-1-3-11-6-8(7)9-2-4-12-9/h1,3,6,9,12H,2,4H2/t9-/m1/s1. The van der Waals surface area contributed by atoms with Crippen LogP contribution in [0, 0.1) is 11.3 Å². The Hall–Kier alpha value is -1.40. The molecule has 2 heterocycles. The molecule has 3 nitrogen and oxygen atoms in total. The first-order chi connectivity index (χ1) is 5.92. The summed E-state index contributed by atoms with van der Waals surface area (Å²) in [6.45, 7) is 1.05. The molecule has 1 atom stereocenters. The van der Waals surface area contributed by atoms with Crippen molar-refractivity contribution in [3.05, 3.63) is 29.6 Å². The van der Waals surface area contributed by atoms with Crippen LogP contribution in [0.5, 0.6) is 0 Å². The molecule has 0 radical (unpaired) electrons. The summed E-state index contributed by atoms with van der Waals surface area (Å²) in [6.07, 6.45) is 4.54. The van der Waals surface area contributed by atoms with Gasteiger partial charge in [-0.2, -0.15) is 5.26 Å². The van der Waals surface area contributed by atoms with E-state index in [0.717, 1.165) is 24.1 Å². The zero-order valence-corrected chi connectivity index (χ0v) is 6.62. The summed E-state index contributed by atoms with van der Waals surface area (Å²) < 4.78 is 0. The Morgan fingerprint density at radius 2 is 2.50 bits per heavy atom. The summed E-state index contributed by atoms with van der Waals surface area (Å²) in [6, 6.07) is 4.28. The molecule has 1 aliphatic rings. The normalized spacial score (nSPS) is 21.1. The fraction of sp³-hybridized carbons (Fsp3) is 0.333. The number of nitrogens with one attached hydrogen (secondary N) is 1. The van der Waals surface area contributed by atoms with Crippen molar-refractivity contribution < 1.29 is 0 Å². The molecule has 60 valence electrons. The van der Waals surface area contributed by atoms with E-state index in [1.54, 1.807) is 18.5 Å². The van der Waals surface area contributed by atoms with Gasteiger partial charge in [-0.3, -0.25) is 4.98 Å². The first-order valence-corrected chi connectivity index (χ1v) is 3.99. The smallest absolute Gasteiger partial charge is 0.0996 e. The molecule has 0 spiro atoms. The molecule has 1 aliphatic heterocycles. The second-order valence-electron chi connectivity index (χ2n) is 2.87. The minimum absolute atomic E-state index is 0.355. The van der Waals surface area contributed by atoms with E-state index < -0.39 is 0 Å². The van der Waals surface area contributed by atoms with Crippen LogP contribution >= 0.6 is 0 Å². The Bertz CT molecular complexity index is 323. The highest BCUT2D eigenvalue weighted by atomic mass is 15.0. The average molecular weight is 159 g/mol. The van der Waals surface area contributed by atoms with Crippen molar-refractivity contribution in [2.24, 2.45) is 0 Å². The van der Waals surface area contributed by atoms with Crippen molar-refractivity contribution in [2.75, 3.05) is 6.54 Å². The van der Waals surface area contributed by atoms with Gasteiger partial charge in [0.2, 0.25) is 0 Å². The van der Waals surface area contributed by atoms with Crippen molar-refractivity contribution in [3.63, 3.8) is 0 Å². The summed E-state index contributed by atoms with van der Waals surface area (Å²) in [7, 11) is 0. The molecule has 0 saturated carbocycles. The van der Waals surface area contributed by atoms with Gasteiger partial charge in [0.05, 0.1) is 11.6 Å². The molecule has 1 aromatic rings. The molecule has 0 unspecified atom stereocenters. The van der Waals surface area contributed by atoms with Crippen LogP contribution in [0.4, 0.5) is 0 Å². The molecule has 1 aromatic heterocycles. The topological polar surface area (TPSA) is 48.7 Å². The summed E-state index contributed by atoms with van der Waals surface area (Å²) >= 11 is 0. The number of pyridine rings is 1. The lowest BCUT2D eigenvalue weighted by Crippen LogP contribution is -2.35. The van der Waals surface area contributed by atoms with Crippen LogP contribution in [0.25, 0.3) is 0 Å². The highest BCUT2D eigenvalue weighted by molar-refractivity contribution is 5.37. The number of rotatable bonds is 1. The number of hydrogen-bond donors (Lipinski definition) is 1. The lowest BCUT2D eigenvalue weighted by molar-refractivity contribution is 0.382. The maximum Gasteiger partial charge on any atom is 0.0996 e. The number of hydrogen-bond acceptors (Lipinski definition) is 3. The average Bonchev–Trinajstić information content (AvgIpc) is 2.02. The van der Waals surface area contributed by atoms with Crippen molar-refractivity contribution >= 4 is 0 Å². The van der Waals surface area contributed by atoms with Crippen LogP contribution in [0.1, 0.15) is 23.6 Å². The minimum atomic E-state index is 0.355. The van der Waals surface area contributed by atoms with E-state index in [9.17, 15) is 0 Å². The quantitative estimate of drug-likeness (QED) is 0.664. The molecule has 2 rings (SSSR count). The van der Waals surface area contributed by atoms with Crippen molar-refractivity contribution in [1.82, 2.24) is 10.3 Å². The highest BCUT2D eigenvalue weighted by Crippen LogP contribution is 2.24. The number of aromatic nitrogens is 1. The van der Waals surface area contributed by atoms with Gasteiger partial charge in [0, 0.05) is 24.0 Å². The Morgan fingerprint density at radius 1 is 1.67 bits per heavy atom. The van der Waals surface area contributed by atoms with Crippen LogP contribution in [0.2, 0.25) is 0 Å². The Morgan fingerprint density at radius 3 is 3.08 bits per heavy atom. The van der Waals surface area contributed by atoms with Gasteiger partial charge in [-0.25, -0.2) is 0 Å². The molecule has 0 amide bonds. The predicted molar refractivity (Wildman–Crippen MR) is 44.3 cm³/mol. The van der Waals surface area contributed by atoms with Gasteiger partial charge in [-0.05, 0) is 19.0 Å². The maximum atomic E-state index is 8.78. The zero-order valence-electron chi connectivity index (χ0n) is 6.62. The second kappa shape index (κ2) is 2.92. The van der Waals surface area contributed by atoms with E-state index in [4.69, 9.17) is 5.26 Å². The van der Waals surface area contributed by atoms with Gasteiger partial charge in [-0.1, -0.05) is 0 Å². The molecule has 12 heavy (non-hydrogen) atoms. The van der Waals surface area contributed by atoms with Gasteiger partial charge in [0.15, 0.2) is 0 Å². The fourth-order valence-corrected chi connectivity index (χ4v) is 1.34. The van der Waals surface area contributed by atoms with Gasteiger partial charge in [-0.15, -0.1) is 0 Å². The lowest BCUT2D eigenvalue weighted by atomic mass is 9.96. The molecule has 0 bridgehead atoms. The Labute approximate surface area is 71.0 Å². The van der Waals surface area contributed by atoms with Crippen LogP contribution in [0.3, 0.4) is 0 Å². The van der Waals surface area contributed by atoms with Crippen LogP contribution in [0.15, 0.2) is 18.5 Å². The summed E-state index contributed by atoms with van der Waals surface area (Å²) in [5.74, 6) is 0. The zero-order chi connectivity index (χ0) is 8.39. The lowest BCUT2D eigenvalue weighted by Gasteiger charge is -2.28. The van der Waals surface area contributed by atoms with E-state index in [1.165, 1.54) is 0 Å². The molecular formula is C9H9N3. The van der Waals surface area contributed by atoms with E-state index >= 15 is 0 Å². The van der Waals surface area contributed by atoms with Gasteiger partial charge in [0.1, 0.15) is 0 Å². The maximum absolute atomic E-state index is 8.78. The minimum Gasteiger partial charge on any atom is -0.310 e. The van der Waals surface area contributed by atoms with Crippen molar-refractivity contribution in [1.29, 1.82) is 5.26 Å². The Balaban J connectivity index is 2.35. The third kappa shape index (κ3) is 1.06. The van der Waals surface area contributed by atoms with Gasteiger partial charge < -0.3 is 5.32 Å². The van der Waals surface area contributed by atoms with Crippen LogP contribution in [-0.2, 0) is 0 Å². The molecule has 1 fully saturated rings. The predicted octanol–water partition coefficient (Wildman–Crippen LogP) is 0.988. The second-order valence-corrected chi connectivity index (χ2v) is 2.87. The van der Waals surface area contributed by atoms with E-state index in [2.05, 4.69) is 16.4 Å². The highest BCUT2D eigenvalue weighted by Gasteiger charge is 2.20. The molecule has 1 saturated heterocycles. The number of nitriles is 1. The van der Waals surface area contributed by atoms with Gasteiger partial charge >= 0.3 is 0 Å². The molecule has 0 aromatic carbocycles. The third-order valence-corrected chi connectivity index (χ3v) is 2.17. The largest absolute Gasteiger partial charge is 0.310 e. The first-order valence-electron chi connectivity index (χ1n) is 3.99.